The van der Waals surface area contributed by atoms with Crippen LogP contribution in [0.15, 0.2) is 0 Å². The fraction of sp³-hybridized carbons (Fsp3) is 0.812. The predicted molar refractivity (Wildman–Crippen MR) is 86.3 cm³/mol. The van der Waals surface area contributed by atoms with Gasteiger partial charge in [-0.15, -0.1) is 0 Å². The number of hydrogen-bond acceptors (Lipinski definition) is 5. The van der Waals surface area contributed by atoms with Gasteiger partial charge in [0, 0.05) is 0 Å². The molecule has 1 saturated carbocycles. The van der Waals surface area contributed by atoms with Crippen LogP contribution in [-0.2, 0) is 19.1 Å². The quantitative estimate of drug-likeness (QED) is 0.505. The summed E-state index contributed by atoms with van der Waals surface area (Å²) in [6.45, 7) is 8.10. The number of amides is 1. The van der Waals surface area contributed by atoms with Crippen molar-refractivity contribution in [2.75, 3.05) is 6.61 Å². The lowest BCUT2D eigenvalue weighted by molar-refractivity contribution is -0.147. The smallest absolute Gasteiger partial charge is 0.328 e. The summed E-state index contributed by atoms with van der Waals surface area (Å²) in [7, 11) is 0. The van der Waals surface area contributed by atoms with Crippen molar-refractivity contribution >= 4 is 17.8 Å². The summed E-state index contributed by atoms with van der Waals surface area (Å²) in [6.07, 6.45) is 1.23. The first-order valence-electron chi connectivity index (χ1n) is 7.99. The molecule has 1 aliphatic carbocycles. The molecule has 1 fully saturated rings. The minimum Gasteiger partial charge on any atom is -0.481 e. The van der Waals surface area contributed by atoms with Crippen LogP contribution in [0.4, 0.5) is 0 Å². The molecule has 0 spiro atoms. The van der Waals surface area contributed by atoms with Gasteiger partial charge in [0.15, 0.2) is 6.04 Å². The van der Waals surface area contributed by atoms with E-state index >= 15 is 0 Å². The van der Waals surface area contributed by atoms with E-state index < -0.39 is 36.4 Å². The molecule has 138 valence electrons. The molecule has 0 aromatic carbocycles. The molecule has 2 atom stereocenters. The molecule has 0 unspecified atom stereocenters. The van der Waals surface area contributed by atoms with E-state index in [9.17, 15) is 19.5 Å². The highest BCUT2D eigenvalue weighted by Crippen LogP contribution is 2.50. The highest BCUT2D eigenvalue weighted by atomic mass is 16.5. The van der Waals surface area contributed by atoms with Crippen LogP contribution in [0.5, 0.6) is 0 Å². The van der Waals surface area contributed by atoms with Crippen molar-refractivity contribution in [3.05, 3.63) is 0 Å². The Morgan fingerprint density at radius 2 is 1.67 bits per heavy atom. The van der Waals surface area contributed by atoms with E-state index in [2.05, 4.69) is 33.0 Å². The third-order valence-corrected chi connectivity index (χ3v) is 4.61. The molecule has 1 amide bonds. The molecule has 24 heavy (non-hydrogen) atoms. The number of aliphatic carboxylic acids is 2. The Hall–Kier alpha value is -1.67. The number of carbonyl (C=O) groups excluding carboxylic acids is 1. The summed E-state index contributed by atoms with van der Waals surface area (Å²) in [6, 6.07) is -2.58. The average molecular weight is 344 g/mol. The van der Waals surface area contributed by atoms with E-state index in [1.807, 2.05) is 0 Å². The first-order chi connectivity index (χ1) is 10.9. The highest BCUT2D eigenvalue weighted by molar-refractivity contribution is 5.89. The van der Waals surface area contributed by atoms with E-state index in [0.29, 0.717) is 0 Å². The molecular weight excluding hydrogens is 316 g/mol. The normalized spacial score (nSPS) is 21.9. The molecule has 0 aliphatic heterocycles. The maximum absolute atomic E-state index is 11.8. The zero-order chi connectivity index (χ0) is 18.7. The van der Waals surface area contributed by atoms with E-state index in [0.717, 1.165) is 12.8 Å². The maximum Gasteiger partial charge on any atom is 0.328 e. The molecule has 0 aromatic heterocycles. The molecule has 8 heteroatoms. The topological polar surface area (TPSA) is 139 Å². The zero-order valence-corrected chi connectivity index (χ0v) is 14.7. The molecule has 0 bridgehead atoms. The summed E-state index contributed by atoms with van der Waals surface area (Å²) in [5.41, 5.74) is 5.27. The van der Waals surface area contributed by atoms with E-state index in [4.69, 9.17) is 15.6 Å². The maximum atomic E-state index is 11.8. The van der Waals surface area contributed by atoms with E-state index in [1.54, 1.807) is 0 Å². The van der Waals surface area contributed by atoms with Crippen molar-refractivity contribution in [1.29, 1.82) is 0 Å². The van der Waals surface area contributed by atoms with Crippen LogP contribution in [0.25, 0.3) is 0 Å². The number of hydrogen-bond donors (Lipinski definition) is 4. The second-order valence-electron chi connectivity index (χ2n) is 7.79. The molecule has 0 saturated heterocycles. The Bertz CT molecular complexity index is 487. The standard InChI is InChI=1S/C16H28N2O6/c1-15(2)5-6-16(3,4)14(15)24-8-10(13(22)23)18-12(21)9(17)7-11(19)20/h9-10,14H,5-8,17H2,1-4H3,(H,18,21)(H,19,20)(H,22,23)/t9-,10-/m0/s1. The molecule has 8 nitrogen and oxygen atoms in total. The van der Waals surface area contributed by atoms with Crippen LogP contribution in [0.1, 0.15) is 47.0 Å². The van der Waals surface area contributed by atoms with Crippen molar-refractivity contribution in [3.63, 3.8) is 0 Å². The number of carbonyl (C=O) groups is 3. The number of rotatable bonds is 8. The summed E-state index contributed by atoms with van der Waals surface area (Å²) in [5.74, 6) is -3.30. The number of nitrogens with one attached hydrogen (secondary N) is 1. The number of carboxylic acids is 2. The van der Waals surface area contributed by atoms with E-state index in [-0.39, 0.29) is 23.5 Å². The van der Waals surface area contributed by atoms with Gasteiger partial charge in [-0.05, 0) is 23.7 Å². The summed E-state index contributed by atoms with van der Waals surface area (Å²) in [5, 5.41) is 20.2. The molecule has 5 N–H and O–H groups in total. The van der Waals surface area contributed by atoms with Gasteiger partial charge < -0.3 is 26.0 Å². The van der Waals surface area contributed by atoms with Gasteiger partial charge in [0.05, 0.1) is 25.2 Å². The average Bonchev–Trinajstić information content (AvgIpc) is 2.63. The van der Waals surface area contributed by atoms with Crippen molar-refractivity contribution in [1.82, 2.24) is 5.32 Å². The Morgan fingerprint density at radius 1 is 1.17 bits per heavy atom. The molecule has 0 radical (unpaired) electrons. The van der Waals surface area contributed by atoms with Crippen molar-refractivity contribution in [2.24, 2.45) is 16.6 Å². The monoisotopic (exact) mass is 344 g/mol. The number of ether oxygens (including phenoxy) is 1. The first kappa shape index (κ1) is 20.4. The largest absolute Gasteiger partial charge is 0.481 e. The highest BCUT2D eigenvalue weighted by Gasteiger charge is 2.48. The lowest BCUT2D eigenvalue weighted by Crippen LogP contribution is -2.52. The Morgan fingerprint density at radius 3 is 2.08 bits per heavy atom. The van der Waals surface area contributed by atoms with Crippen LogP contribution in [-0.4, -0.2) is 52.9 Å². The fourth-order valence-corrected chi connectivity index (χ4v) is 3.34. The van der Waals surface area contributed by atoms with Gasteiger partial charge in [-0.2, -0.15) is 0 Å². The Kier molecular flexibility index (Phi) is 6.35. The van der Waals surface area contributed by atoms with Crippen LogP contribution in [0.3, 0.4) is 0 Å². The lowest BCUT2D eigenvalue weighted by Gasteiger charge is -2.36. The zero-order valence-electron chi connectivity index (χ0n) is 14.7. The molecule has 1 rings (SSSR count). The SMILES string of the molecule is CC1(C)CCC(C)(C)C1OC[C@H](NC(=O)[C@@H](N)CC(=O)O)C(=O)O. The first-order valence-corrected chi connectivity index (χ1v) is 7.99. The molecule has 1 aliphatic rings. The minimum atomic E-state index is -1.30. The minimum absolute atomic E-state index is 0.0870. The third kappa shape index (κ3) is 5.17. The Balaban J connectivity index is 2.69. The number of carboxylic acid groups (broad SMARTS) is 2. The van der Waals surface area contributed by atoms with Crippen LogP contribution >= 0.6 is 0 Å². The summed E-state index contributed by atoms with van der Waals surface area (Å²) in [4.78, 5) is 33.8. The van der Waals surface area contributed by atoms with Crippen LogP contribution in [0.2, 0.25) is 0 Å². The van der Waals surface area contributed by atoms with Crippen molar-refractivity contribution in [3.8, 4) is 0 Å². The lowest BCUT2D eigenvalue weighted by atomic mass is 9.81. The Labute approximate surface area is 141 Å². The summed E-state index contributed by atoms with van der Waals surface area (Å²) < 4.78 is 5.87. The van der Waals surface area contributed by atoms with Crippen LogP contribution in [0, 0.1) is 10.8 Å². The van der Waals surface area contributed by atoms with Gasteiger partial charge in [-0.1, -0.05) is 27.7 Å². The predicted octanol–water partition coefficient (Wildman–Crippen LogP) is 0.589. The van der Waals surface area contributed by atoms with Gasteiger partial charge in [0.2, 0.25) is 5.91 Å². The van der Waals surface area contributed by atoms with Crippen molar-refractivity contribution < 1.29 is 29.3 Å². The van der Waals surface area contributed by atoms with Gasteiger partial charge in [0.25, 0.3) is 0 Å². The van der Waals surface area contributed by atoms with Crippen molar-refractivity contribution in [2.45, 2.75) is 65.1 Å². The summed E-state index contributed by atoms with van der Waals surface area (Å²) >= 11 is 0. The second-order valence-corrected chi connectivity index (χ2v) is 7.79. The molecular formula is C16H28N2O6. The van der Waals surface area contributed by atoms with Crippen LogP contribution < -0.4 is 11.1 Å². The molecule has 0 heterocycles. The van der Waals surface area contributed by atoms with Gasteiger partial charge >= 0.3 is 11.9 Å². The van der Waals surface area contributed by atoms with Gasteiger partial charge in [0.1, 0.15) is 0 Å². The number of nitrogens with two attached hydrogens (primary N) is 1. The van der Waals surface area contributed by atoms with Gasteiger partial charge in [-0.3, -0.25) is 9.59 Å². The molecule has 0 aromatic rings. The van der Waals surface area contributed by atoms with E-state index in [1.165, 1.54) is 0 Å². The van der Waals surface area contributed by atoms with Gasteiger partial charge in [-0.25, -0.2) is 4.79 Å². The fourth-order valence-electron chi connectivity index (χ4n) is 3.34. The second kappa shape index (κ2) is 7.48. The third-order valence-electron chi connectivity index (χ3n) is 4.61.